The van der Waals surface area contributed by atoms with Crippen LogP contribution in [-0.2, 0) is 0 Å². The van der Waals surface area contributed by atoms with Crippen LogP contribution in [0.1, 0.15) is 16.8 Å². The summed E-state index contributed by atoms with van der Waals surface area (Å²) in [5.74, 6) is 0.619. The fourth-order valence-electron chi connectivity index (χ4n) is 1.57. The Morgan fingerprint density at radius 2 is 2.20 bits per heavy atom. The van der Waals surface area contributed by atoms with Gasteiger partial charge < -0.3 is 14.7 Å². The molecule has 0 radical (unpaired) electrons. The number of hydrogen-bond acceptors (Lipinski definition) is 3. The van der Waals surface area contributed by atoms with Crippen LogP contribution in [0.25, 0.3) is 0 Å². The quantitative estimate of drug-likeness (QED) is 0.799. The molecule has 15 heavy (non-hydrogen) atoms. The molecule has 1 amide bonds. The molecule has 1 N–H and O–H groups in total. The normalized spacial score (nSPS) is 14.7. The Hall–Kier alpha value is -1.55. The highest BCUT2D eigenvalue weighted by Gasteiger charge is 2.24. The van der Waals surface area contributed by atoms with E-state index in [4.69, 9.17) is 9.84 Å². The van der Waals surface area contributed by atoms with Gasteiger partial charge in [-0.05, 0) is 18.6 Å². The highest BCUT2D eigenvalue weighted by molar-refractivity contribution is 5.97. The number of ether oxygens (including phenoxy) is 1. The average Bonchev–Trinajstić information content (AvgIpc) is 2.29. The molecular weight excluding hydrogens is 194 g/mol. The summed E-state index contributed by atoms with van der Waals surface area (Å²) in [7, 11) is 0. The molecule has 0 fully saturated rings. The van der Waals surface area contributed by atoms with Gasteiger partial charge in [0.1, 0.15) is 5.75 Å². The molecule has 1 aromatic rings. The SMILES string of the molecule is O=C1c2ccccc2OCN1CCCO. The van der Waals surface area contributed by atoms with Crippen LogP contribution < -0.4 is 4.74 Å². The number of aliphatic hydroxyl groups is 1. The van der Waals surface area contributed by atoms with E-state index in [2.05, 4.69) is 0 Å². The lowest BCUT2D eigenvalue weighted by atomic mass is 10.1. The summed E-state index contributed by atoms with van der Waals surface area (Å²) in [6.45, 7) is 0.894. The molecule has 0 unspecified atom stereocenters. The van der Waals surface area contributed by atoms with Gasteiger partial charge in [-0.1, -0.05) is 12.1 Å². The minimum Gasteiger partial charge on any atom is -0.472 e. The third kappa shape index (κ3) is 1.94. The van der Waals surface area contributed by atoms with E-state index in [1.54, 1.807) is 17.0 Å². The lowest BCUT2D eigenvalue weighted by Crippen LogP contribution is -2.39. The number of carbonyl (C=O) groups is 1. The van der Waals surface area contributed by atoms with E-state index in [1.165, 1.54) is 0 Å². The van der Waals surface area contributed by atoms with E-state index in [1.807, 2.05) is 12.1 Å². The zero-order chi connectivity index (χ0) is 10.7. The molecule has 0 atom stereocenters. The van der Waals surface area contributed by atoms with Crippen molar-refractivity contribution in [2.24, 2.45) is 0 Å². The van der Waals surface area contributed by atoms with Crippen LogP contribution in [-0.4, -0.2) is 35.8 Å². The second-order valence-electron chi connectivity index (χ2n) is 3.42. The molecule has 1 heterocycles. The first-order chi connectivity index (χ1) is 7.33. The Bertz CT molecular complexity index is 365. The third-order valence-corrected chi connectivity index (χ3v) is 2.37. The Kier molecular flexibility index (Phi) is 2.87. The van der Waals surface area contributed by atoms with Crippen molar-refractivity contribution < 1.29 is 14.6 Å². The predicted octanol–water partition coefficient (Wildman–Crippen LogP) is 0.861. The van der Waals surface area contributed by atoms with Gasteiger partial charge >= 0.3 is 0 Å². The van der Waals surface area contributed by atoms with E-state index in [9.17, 15) is 4.79 Å². The molecule has 4 nitrogen and oxygen atoms in total. The standard InChI is InChI=1S/C11H13NO3/c13-7-3-6-12-8-15-10-5-2-1-4-9(10)11(12)14/h1-2,4-5,13H,3,6-8H2. The molecule has 2 rings (SSSR count). The molecular formula is C11H13NO3. The molecule has 1 aliphatic rings. The van der Waals surface area contributed by atoms with Gasteiger partial charge in [0.2, 0.25) is 0 Å². The van der Waals surface area contributed by atoms with Crippen molar-refractivity contribution in [3.63, 3.8) is 0 Å². The molecule has 0 spiro atoms. The van der Waals surface area contributed by atoms with E-state index < -0.39 is 0 Å². The molecule has 4 heteroatoms. The van der Waals surface area contributed by atoms with Gasteiger partial charge in [-0.3, -0.25) is 4.79 Å². The van der Waals surface area contributed by atoms with Crippen molar-refractivity contribution in [3.05, 3.63) is 29.8 Å². The van der Waals surface area contributed by atoms with Crippen molar-refractivity contribution in [2.45, 2.75) is 6.42 Å². The molecule has 0 aliphatic carbocycles. The Morgan fingerprint density at radius 3 is 3.00 bits per heavy atom. The van der Waals surface area contributed by atoms with Crippen LogP contribution in [0.3, 0.4) is 0 Å². The number of rotatable bonds is 3. The van der Waals surface area contributed by atoms with Crippen LogP contribution >= 0.6 is 0 Å². The maximum atomic E-state index is 11.9. The third-order valence-electron chi connectivity index (χ3n) is 2.37. The number of para-hydroxylation sites is 1. The summed E-state index contributed by atoms with van der Waals surface area (Å²) in [5.41, 5.74) is 0.599. The number of carbonyl (C=O) groups excluding carboxylic acids is 1. The van der Waals surface area contributed by atoms with E-state index >= 15 is 0 Å². The monoisotopic (exact) mass is 207 g/mol. The first kappa shape index (κ1) is 9.98. The number of amides is 1. The summed E-state index contributed by atoms with van der Waals surface area (Å²) in [5, 5.41) is 8.70. The van der Waals surface area contributed by atoms with Gasteiger partial charge in [-0.25, -0.2) is 0 Å². The van der Waals surface area contributed by atoms with Gasteiger partial charge in [0.25, 0.3) is 5.91 Å². The Balaban J connectivity index is 2.15. The van der Waals surface area contributed by atoms with E-state index in [0.717, 1.165) is 0 Å². The molecule has 0 saturated carbocycles. The lowest BCUT2D eigenvalue weighted by molar-refractivity contribution is 0.0505. The summed E-state index contributed by atoms with van der Waals surface area (Å²) in [6.07, 6.45) is 0.581. The minimum absolute atomic E-state index is 0.0229. The molecule has 0 bridgehead atoms. The van der Waals surface area contributed by atoms with Crippen LogP contribution in [0.2, 0.25) is 0 Å². The van der Waals surface area contributed by atoms with Crippen molar-refractivity contribution >= 4 is 5.91 Å². The molecule has 80 valence electrons. The Labute approximate surface area is 88.1 Å². The van der Waals surface area contributed by atoms with Crippen molar-refractivity contribution in [2.75, 3.05) is 19.9 Å². The summed E-state index contributed by atoms with van der Waals surface area (Å²) in [4.78, 5) is 13.5. The summed E-state index contributed by atoms with van der Waals surface area (Å²) < 4.78 is 5.43. The zero-order valence-corrected chi connectivity index (χ0v) is 8.35. The summed E-state index contributed by atoms with van der Waals surface area (Å²) in [6, 6.07) is 7.20. The van der Waals surface area contributed by atoms with Gasteiger partial charge in [0.15, 0.2) is 6.73 Å². The minimum atomic E-state index is -0.0229. The number of nitrogens with zero attached hydrogens (tertiary/aromatic N) is 1. The van der Waals surface area contributed by atoms with Crippen LogP contribution in [0.4, 0.5) is 0 Å². The maximum absolute atomic E-state index is 11.9. The molecule has 1 aromatic carbocycles. The van der Waals surface area contributed by atoms with Gasteiger partial charge in [-0.15, -0.1) is 0 Å². The topological polar surface area (TPSA) is 49.8 Å². The highest BCUT2D eigenvalue weighted by Crippen LogP contribution is 2.23. The van der Waals surface area contributed by atoms with Crippen LogP contribution in [0.5, 0.6) is 5.75 Å². The number of aliphatic hydroxyl groups excluding tert-OH is 1. The molecule has 0 aromatic heterocycles. The molecule has 0 saturated heterocycles. The first-order valence-electron chi connectivity index (χ1n) is 4.95. The zero-order valence-electron chi connectivity index (χ0n) is 8.35. The second-order valence-corrected chi connectivity index (χ2v) is 3.42. The fourth-order valence-corrected chi connectivity index (χ4v) is 1.57. The highest BCUT2D eigenvalue weighted by atomic mass is 16.5. The maximum Gasteiger partial charge on any atom is 0.260 e. The average molecular weight is 207 g/mol. The first-order valence-corrected chi connectivity index (χ1v) is 4.95. The van der Waals surface area contributed by atoms with Crippen LogP contribution in [0.15, 0.2) is 24.3 Å². The van der Waals surface area contributed by atoms with Gasteiger partial charge in [0, 0.05) is 13.2 Å². The van der Waals surface area contributed by atoms with Crippen molar-refractivity contribution in [1.29, 1.82) is 0 Å². The van der Waals surface area contributed by atoms with E-state index in [0.29, 0.717) is 24.3 Å². The summed E-state index contributed by atoms with van der Waals surface area (Å²) >= 11 is 0. The molecule has 1 aliphatic heterocycles. The van der Waals surface area contributed by atoms with Crippen LogP contribution in [0, 0.1) is 0 Å². The number of fused-ring (bicyclic) bond motifs is 1. The second kappa shape index (κ2) is 4.31. The van der Waals surface area contributed by atoms with Crippen molar-refractivity contribution in [1.82, 2.24) is 4.90 Å². The number of benzene rings is 1. The fraction of sp³-hybridized carbons (Fsp3) is 0.364. The van der Waals surface area contributed by atoms with Crippen molar-refractivity contribution in [3.8, 4) is 5.75 Å². The van der Waals surface area contributed by atoms with Gasteiger partial charge in [0.05, 0.1) is 5.56 Å². The smallest absolute Gasteiger partial charge is 0.260 e. The largest absolute Gasteiger partial charge is 0.472 e. The Morgan fingerprint density at radius 1 is 1.40 bits per heavy atom. The van der Waals surface area contributed by atoms with Gasteiger partial charge in [-0.2, -0.15) is 0 Å². The predicted molar refractivity (Wildman–Crippen MR) is 54.7 cm³/mol. The van der Waals surface area contributed by atoms with E-state index in [-0.39, 0.29) is 19.2 Å². The lowest BCUT2D eigenvalue weighted by Gasteiger charge is -2.28. The number of hydrogen-bond donors (Lipinski definition) is 1.